The lowest BCUT2D eigenvalue weighted by molar-refractivity contribution is 0.0951. The molecule has 1 aliphatic rings. The summed E-state index contributed by atoms with van der Waals surface area (Å²) in [5, 5.41) is 3.44. The number of halogens is 1. The predicted molar refractivity (Wildman–Crippen MR) is 102 cm³/mol. The Morgan fingerprint density at radius 3 is 2.81 bits per heavy atom. The fourth-order valence-corrected chi connectivity index (χ4v) is 4.92. The zero-order valence-electron chi connectivity index (χ0n) is 14.4. The highest BCUT2D eigenvalue weighted by Gasteiger charge is 2.31. The molecule has 1 aromatic heterocycles. The minimum absolute atomic E-state index is 0.117. The van der Waals surface area contributed by atoms with E-state index < -0.39 is 9.84 Å². The monoisotopic (exact) mass is 393 g/mol. The third-order valence-corrected chi connectivity index (χ3v) is 6.64. The Labute approximate surface area is 158 Å². The molecule has 1 fully saturated rings. The third-order valence-electron chi connectivity index (χ3n) is 4.52. The molecule has 1 aliphatic heterocycles. The summed E-state index contributed by atoms with van der Waals surface area (Å²) in [6.07, 6.45) is 2.13. The van der Waals surface area contributed by atoms with Crippen molar-refractivity contribution in [3.05, 3.63) is 58.7 Å². The molecule has 2 aromatic rings. The molecule has 8 heteroatoms. The van der Waals surface area contributed by atoms with Gasteiger partial charge in [0, 0.05) is 36.4 Å². The van der Waals surface area contributed by atoms with Crippen LogP contribution in [0.15, 0.2) is 42.6 Å². The van der Waals surface area contributed by atoms with Crippen molar-refractivity contribution in [2.75, 3.05) is 23.5 Å². The molecular formula is C18H20ClN3O3S. The number of aromatic nitrogens is 1. The van der Waals surface area contributed by atoms with Crippen molar-refractivity contribution in [3.63, 3.8) is 0 Å². The van der Waals surface area contributed by atoms with Crippen LogP contribution in [-0.2, 0) is 16.4 Å². The van der Waals surface area contributed by atoms with Crippen LogP contribution in [0, 0.1) is 0 Å². The standard InChI is InChI=1S/C18H20ClN3O3S/c1-22(15-7-9-26(24,25)12-15)17-10-13(6-8-20-17)18(23)21-11-14-4-2-3-5-16(14)19/h2-6,8,10,15H,7,9,11-12H2,1H3,(H,21,23). The smallest absolute Gasteiger partial charge is 0.251 e. The SMILES string of the molecule is CN(c1cc(C(=O)NCc2ccccc2Cl)ccn1)C1CCS(=O)(=O)C1. The van der Waals surface area contributed by atoms with Gasteiger partial charge in [-0.25, -0.2) is 13.4 Å². The Hall–Kier alpha value is -2.12. The number of amides is 1. The van der Waals surface area contributed by atoms with Crippen LogP contribution < -0.4 is 10.2 Å². The molecule has 1 aromatic carbocycles. The second-order valence-electron chi connectivity index (χ2n) is 6.34. The summed E-state index contributed by atoms with van der Waals surface area (Å²) in [5.41, 5.74) is 1.31. The number of anilines is 1. The molecule has 138 valence electrons. The maximum Gasteiger partial charge on any atom is 0.251 e. The number of benzene rings is 1. The van der Waals surface area contributed by atoms with Crippen molar-refractivity contribution in [1.82, 2.24) is 10.3 Å². The van der Waals surface area contributed by atoms with Crippen molar-refractivity contribution < 1.29 is 13.2 Å². The molecule has 1 saturated heterocycles. The van der Waals surface area contributed by atoms with Crippen molar-refractivity contribution in [3.8, 4) is 0 Å². The largest absolute Gasteiger partial charge is 0.356 e. The maximum absolute atomic E-state index is 12.4. The van der Waals surface area contributed by atoms with Crippen LogP contribution >= 0.6 is 11.6 Å². The first-order valence-electron chi connectivity index (χ1n) is 8.26. The van der Waals surface area contributed by atoms with Gasteiger partial charge < -0.3 is 10.2 Å². The van der Waals surface area contributed by atoms with Crippen LogP contribution in [-0.4, -0.2) is 43.9 Å². The van der Waals surface area contributed by atoms with Gasteiger partial charge in [-0.05, 0) is 30.2 Å². The lowest BCUT2D eigenvalue weighted by atomic mass is 10.2. The van der Waals surface area contributed by atoms with E-state index in [9.17, 15) is 13.2 Å². The van der Waals surface area contributed by atoms with E-state index >= 15 is 0 Å². The van der Waals surface area contributed by atoms with Crippen molar-refractivity contribution in [1.29, 1.82) is 0 Å². The highest BCUT2D eigenvalue weighted by molar-refractivity contribution is 7.91. The first-order chi connectivity index (χ1) is 12.4. The molecular weight excluding hydrogens is 374 g/mol. The van der Waals surface area contributed by atoms with Crippen LogP contribution in [0.2, 0.25) is 5.02 Å². The number of hydrogen-bond acceptors (Lipinski definition) is 5. The number of nitrogens with zero attached hydrogens (tertiary/aromatic N) is 2. The molecule has 0 bridgehead atoms. The molecule has 1 unspecified atom stereocenters. The number of sulfone groups is 1. The molecule has 0 spiro atoms. The third kappa shape index (κ3) is 4.34. The number of carbonyl (C=O) groups excluding carboxylic acids is 1. The van der Waals surface area contributed by atoms with Crippen LogP contribution in [0.25, 0.3) is 0 Å². The highest BCUT2D eigenvalue weighted by atomic mass is 35.5. The summed E-state index contributed by atoms with van der Waals surface area (Å²) in [4.78, 5) is 18.5. The van der Waals surface area contributed by atoms with E-state index in [0.717, 1.165) is 5.56 Å². The molecule has 26 heavy (non-hydrogen) atoms. The van der Waals surface area contributed by atoms with Gasteiger partial charge in [-0.15, -0.1) is 0 Å². The van der Waals surface area contributed by atoms with E-state index in [1.807, 2.05) is 23.1 Å². The summed E-state index contributed by atoms with van der Waals surface area (Å²) >= 11 is 6.10. The Kier molecular flexibility index (Phi) is 5.48. The molecule has 2 heterocycles. The number of pyridine rings is 1. The second-order valence-corrected chi connectivity index (χ2v) is 8.98. The van der Waals surface area contributed by atoms with Gasteiger partial charge in [-0.3, -0.25) is 4.79 Å². The maximum atomic E-state index is 12.4. The van der Waals surface area contributed by atoms with Gasteiger partial charge in [0.25, 0.3) is 5.91 Å². The zero-order valence-corrected chi connectivity index (χ0v) is 15.9. The van der Waals surface area contributed by atoms with Crippen molar-refractivity contribution in [2.45, 2.75) is 19.0 Å². The van der Waals surface area contributed by atoms with Crippen LogP contribution in [0.1, 0.15) is 22.3 Å². The number of carbonyl (C=O) groups is 1. The molecule has 0 saturated carbocycles. The minimum Gasteiger partial charge on any atom is -0.356 e. The average molecular weight is 394 g/mol. The van der Waals surface area contributed by atoms with Gasteiger partial charge in [-0.1, -0.05) is 29.8 Å². The van der Waals surface area contributed by atoms with Gasteiger partial charge in [0.15, 0.2) is 9.84 Å². The fourth-order valence-electron chi connectivity index (χ4n) is 2.94. The van der Waals surface area contributed by atoms with Gasteiger partial charge in [0.1, 0.15) is 5.82 Å². The number of rotatable bonds is 5. The highest BCUT2D eigenvalue weighted by Crippen LogP contribution is 2.22. The van der Waals surface area contributed by atoms with Gasteiger partial charge >= 0.3 is 0 Å². The molecule has 1 atom stereocenters. The van der Waals surface area contributed by atoms with Gasteiger partial charge in [-0.2, -0.15) is 0 Å². The van der Waals surface area contributed by atoms with E-state index in [2.05, 4.69) is 10.3 Å². The van der Waals surface area contributed by atoms with E-state index in [0.29, 0.717) is 29.4 Å². The molecule has 1 N–H and O–H groups in total. The summed E-state index contributed by atoms with van der Waals surface area (Å²) in [6, 6.07) is 10.5. The first kappa shape index (κ1) is 18.7. The zero-order chi connectivity index (χ0) is 18.7. The van der Waals surface area contributed by atoms with E-state index in [4.69, 9.17) is 11.6 Å². The fraction of sp³-hybridized carbons (Fsp3) is 0.333. The minimum atomic E-state index is -2.98. The lowest BCUT2D eigenvalue weighted by Gasteiger charge is -2.24. The Bertz CT molecular complexity index is 917. The van der Waals surface area contributed by atoms with E-state index in [1.54, 1.807) is 31.4 Å². The predicted octanol–water partition coefficient (Wildman–Crippen LogP) is 2.29. The Morgan fingerprint density at radius 2 is 2.12 bits per heavy atom. The number of nitrogens with one attached hydrogen (secondary N) is 1. The summed E-state index contributed by atoms with van der Waals surface area (Å²) in [6.45, 7) is 0.326. The second kappa shape index (κ2) is 7.63. The summed E-state index contributed by atoms with van der Waals surface area (Å²) in [5.74, 6) is 0.659. The van der Waals surface area contributed by atoms with Crippen LogP contribution in [0.3, 0.4) is 0 Å². The van der Waals surface area contributed by atoms with Crippen LogP contribution in [0.4, 0.5) is 5.82 Å². The van der Waals surface area contributed by atoms with E-state index in [1.165, 1.54) is 0 Å². The van der Waals surface area contributed by atoms with Gasteiger partial charge in [0.05, 0.1) is 11.5 Å². The molecule has 6 nitrogen and oxygen atoms in total. The average Bonchev–Trinajstić information content (AvgIpc) is 3.00. The molecule has 0 aliphatic carbocycles. The quantitative estimate of drug-likeness (QED) is 0.843. The summed E-state index contributed by atoms with van der Waals surface area (Å²) < 4.78 is 23.4. The number of hydrogen-bond donors (Lipinski definition) is 1. The normalized spacial score (nSPS) is 18.5. The van der Waals surface area contributed by atoms with E-state index in [-0.39, 0.29) is 23.5 Å². The lowest BCUT2D eigenvalue weighted by Crippen LogP contribution is -2.33. The summed E-state index contributed by atoms with van der Waals surface area (Å²) in [7, 11) is -1.17. The Balaban J connectivity index is 1.68. The Morgan fingerprint density at radius 1 is 1.35 bits per heavy atom. The van der Waals surface area contributed by atoms with Crippen molar-refractivity contribution in [2.24, 2.45) is 0 Å². The molecule has 3 rings (SSSR count). The van der Waals surface area contributed by atoms with Gasteiger partial charge in [0.2, 0.25) is 0 Å². The van der Waals surface area contributed by atoms with Crippen molar-refractivity contribution >= 4 is 33.2 Å². The topological polar surface area (TPSA) is 79.4 Å². The molecule has 0 radical (unpaired) electrons. The molecule has 1 amide bonds. The first-order valence-corrected chi connectivity index (χ1v) is 10.5. The van der Waals surface area contributed by atoms with Crippen LogP contribution in [0.5, 0.6) is 0 Å².